The zero-order chi connectivity index (χ0) is 17.6. The molecule has 1 rings (SSSR count). The number of nitrogens with one attached hydrogen (secondary N) is 2. The molecule has 0 saturated heterocycles. The highest BCUT2D eigenvalue weighted by molar-refractivity contribution is 5.91. The molecule has 0 aliphatic rings. The minimum Gasteiger partial charge on any atom is -0.389 e. The van der Waals surface area contributed by atoms with Crippen LogP contribution < -0.4 is 10.6 Å². The van der Waals surface area contributed by atoms with E-state index >= 15 is 0 Å². The van der Waals surface area contributed by atoms with Gasteiger partial charge in [0.15, 0.2) is 0 Å². The van der Waals surface area contributed by atoms with Gasteiger partial charge in [-0.05, 0) is 45.2 Å². The highest BCUT2D eigenvalue weighted by atomic mass is 16.3. The third kappa shape index (κ3) is 6.32. The Balaban J connectivity index is 2.48. The van der Waals surface area contributed by atoms with E-state index in [0.29, 0.717) is 13.0 Å². The van der Waals surface area contributed by atoms with Crippen LogP contribution in [0.5, 0.6) is 0 Å². The van der Waals surface area contributed by atoms with Gasteiger partial charge in [-0.2, -0.15) is 0 Å². The smallest absolute Gasteiger partial charge is 0.225 e. The monoisotopic (exact) mass is 320 g/mol. The quantitative estimate of drug-likeness (QED) is 0.688. The number of hydrogen-bond donors (Lipinski definition) is 3. The van der Waals surface area contributed by atoms with Crippen LogP contribution in [0.3, 0.4) is 0 Å². The molecule has 0 saturated carbocycles. The van der Waals surface area contributed by atoms with Gasteiger partial charge >= 0.3 is 0 Å². The van der Waals surface area contributed by atoms with Gasteiger partial charge in [0.2, 0.25) is 5.91 Å². The van der Waals surface area contributed by atoms with Crippen LogP contribution in [0.4, 0.5) is 5.69 Å². The summed E-state index contributed by atoms with van der Waals surface area (Å²) < 4.78 is 0. The number of hydrogen-bond acceptors (Lipinski definition) is 3. The largest absolute Gasteiger partial charge is 0.389 e. The molecule has 4 nitrogen and oxygen atoms in total. The zero-order valence-corrected chi connectivity index (χ0v) is 15.4. The number of amides is 1. The molecule has 0 bridgehead atoms. The second kappa shape index (κ2) is 8.46. The van der Waals surface area contributed by atoms with E-state index in [1.165, 1.54) is 5.56 Å². The van der Waals surface area contributed by atoms with Gasteiger partial charge in [-0.3, -0.25) is 4.79 Å². The summed E-state index contributed by atoms with van der Waals surface area (Å²) in [5.41, 5.74) is 2.36. The highest BCUT2D eigenvalue weighted by Gasteiger charge is 2.27. The fourth-order valence-electron chi connectivity index (χ4n) is 2.50. The Hall–Kier alpha value is -1.39. The topological polar surface area (TPSA) is 61.4 Å². The highest BCUT2D eigenvalue weighted by Crippen LogP contribution is 2.19. The molecule has 23 heavy (non-hydrogen) atoms. The van der Waals surface area contributed by atoms with Crippen LogP contribution in [-0.4, -0.2) is 29.2 Å². The molecular formula is C19H32N2O2. The molecule has 3 unspecified atom stereocenters. The van der Waals surface area contributed by atoms with Crippen molar-refractivity contribution < 1.29 is 9.90 Å². The lowest BCUT2D eigenvalue weighted by Crippen LogP contribution is -2.46. The fraction of sp³-hybridized carbons (Fsp3) is 0.632. The minimum absolute atomic E-state index is 0.0104. The van der Waals surface area contributed by atoms with E-state index in [4.69, 9.17) is 0 Å². The van der Waals surface area contributed by atoms with Gasteiger partial charge < -0.3 is 15.7 Å². The number of aryl methyl sites for hydroxylation is 2. The summed E-state index contributed by atoms with van der Waals surface area (Å²) >= 11 is 0. The molecule has 0 fully saturated rings. The Bertz CT molecular complexity index is 526. The molecule has 0 radical (unpaired) electrons. The third-order valence-corrected chi connectivity index (χ3v) is 4.63. The molecule has 130 valence electrons. The van der Waals surface area contributed by atoms with E-state index in [2.05, 4.69) is 23.6 Å². The first-order chi connectivity index (χ1) is 10.7. The van der Waals surface area contributed by atoms with Crippen molar-refractivity contribution in [3.8, 4) is 0 Å². The van der Waals surface area contributed by atoms with Gasteiger partial charge in [-0.1, -0.05) is 38.0 Å². The van der Waals surface area contributed by atoms with Gasteiger partial charge in [-0.15, -0.1) is 0 Å². The summed E-state index contributed by atoms with van der Waals surface area (Å²) in [4.78, 5) is 12.2. The Morgan fingerprint density at radius 3 is 2.52 bits per heavy atom. The molecule has 0 aromatic heterocycles. The molecule has 0 aliphatic carbocycles. The van der Waals surface area contributed by atoms with Gasteiger partial charge in [0.1, 0.15) is 0 Å². The lowest BCUT2D eigenvalue weighted by molar-refractivity contribution is -0.116. The van der Waals surface area contributed by atoms with Crippen molar-refractivity contribution in [3.63, 3.8) is 0 Å². The molecule has 1 aromatic rings. The molecule has 0 spiro atoms. The Morgan fingerprint density at radius 1 is 1.30 bits per heavy atom. The van der Waals surface area contributed by atoms with Crippen LogP contribution in [0, 0.1) is 19.8 Å². The average molecular weight is 320 g/mol. The zero-order valence-electron chi connectivity index (χ0n) is 15.4. The molecule has 3 N–H and O–H groups in total. The predicted octanol–water partition coefficient (Wildman–Crippen LogP) is 3.41. The maximum absolute atomic E-state index is 12.2. The van der Waals surface area contributed by atoms with E-state index in [0.717, 1.165) is 17.7 Å². The standard InChI is InChI=1S/C19H32N2O2/c1-7-15(4)19(6,23)12-20-16(5)11-18(22)21-17-9-8-13(2)10-14(17)3/h8-10,15-16,20,23H,7,11-12H2,1-6H3,(H,21,22). The lowest BCUT2D eigenvalue weighted by Gasteiger charge is -2.31. The Labute approximate surface area is 140 Å². The normalized spacial score (nSPS) is 16.5. The molecular weight excluding hydrogens is 288 g/mol. The number of carbonyl (C=O) groups is 1. The second-order valence-electron chi connectivity index (χ2n) is 7.02. The molecule has 0 heterocycles. The van der Waals surface area contributed by atoms with E-state index in [1.54, 1.807) is 0 Å². The van der Waals surface area contributed by atoms with Crippen LogP contribution >= 0.6 is 0 Å². The molecule has 3 atom stereocenters. The summed E-state index contributed by atoms with van der Waals surface area (Å²) in [6, 6.07) is 6.00. The average Bonchev–Trinajstić information content (AvgIpc) is 2.47. The van der Waals surface area contributed by atoms with Gasteiger partial charge in [-0.25, -0.2) is 0 Å². The lowest BCUT2D eigenvalue weighted by atomic mass is 9.88. The van der Waals surface area contributed by atoms with Crippen LogP contribution in [-0.2, 0) is 4.79 Å². The van der Waals surface area contributed by atoms with Crippen molar-refractivity contribution in [1.82, 2.24) is 5.32 Å². The SMILES string of the molecule is CCC(C)C(C)(O)CNC(C)CC(=O)Nc1ccc(C)cc1C. The van der Waals surface area contributed by atoms with Crippen molar-refractivity contribution in [2.45, 2.75) is 66.0 Å². The molecule has 1 aromatic carbocycles. The first-order valence-corrected chi connectivity index (χ1v) is 8.48. The first kappa shape index (κ1) is 19.7. The van der Waals surface area contributed by atoms with Gasteiger partial charge in [0, 0.05) is 24.7 Å². The predicted molar refractivity (Wildman–Crippen MR) is 96.7 cm³/mol. The summed E-state index contributed by atoms with van der Waals surface area (Å²) in [6.45, 7) is 12.4. The number of rotatable bonds is 8. The first-order valence-electron chi connectivity index (χ1n) is 8.48. The molecule has 0 aliphatic heterocycles. The van der Waals surface area contributed by atoms with E-state index < -0.39 is 5.60 Å². The minimum atomic E-state index is -0.757. The maximum Gasteiger partial charge on any atom is 0.225 e. The third-order valence-electron chi connectivity index (χ3n) is 4.63. The van der Waals surface area contributed by atoms with E-state index in [1.807, 2.05) is 46.8 Å². The van der Waals surface area contributed by atoms with Crippen LogP contribution in [0.25, 0.3) is 0 Å². The van der Waals surface area contributed by atoms with Gasteiger partial charge in [0.25, 0.3) is 0 Å². The van der Waals surface area contributed by atoms with Crippen molar-refractivity contribution in [2.75, 3.05) is 11.9 Å². The van der Waals surface area contributed by atoms with Crippen LogP contribution in [0.2, 0.25) is 0 Å². The maximum atomic E-state index is 12.2. The van der Waals surface area contributed by atoms with E-state index in [-0.39, 0.29) is 17.9 Å². The number of aliphatic hydroxyl groups is 1. The van der Waals surface area contributed by atoms with Crippen LogP contribution in [0.1, 0.15) is 51.7 Å². The summed E-state index contributed by atoms with van der Waals surface area (Å²) in [7, 11) is 0. The van der Waals surface area contributed by atoms with E-state index in [9.17, 15) is 9.90 Å². The molecule has 1 amide bonds. The van der Waals surface area contributed by atoms with Crippen molar-refractivity contribution >= 4 is 11.6 Å². The second-order valence-corrected chi connectivity index (χ2v) is 7.02. The summed E-state index contributed by atoms with van der Waals surface area (Å²) in [5, 5.41) is 16.6. The van der Waals surface area contributed by atoms with Crippen molar-refractivity contribution in [3.05, 3.63) is 29.3 Å². The van der Waals surface area contributed by atoms with Crippen molar-refractivity contribution in [2.24, 2.45) is 5.92 Å². The summed E-state index contributed by atoms with van der Waals surface area (Å²) in [5.74, 6) is 0.200. The van der Waals surface area contributed by atoms with Crippen LogP contribution in [0.15, 0.2) is 18.2 Å². The number of anilines is 1. The summed E-state index contributed by atoms with van der Waals surface area (Å²) in [6.07, 6.45) is 1.31. The molecule has 4 heteroatoms. The fourth-order valence-corrected chi connectivity index (χ4v) is 2.50. The van der Waals surface area contributed by atoms with Crippen molar-refractivity contribution in [1.29, 1.82) is 0 Å². The van der Waals surface area contributed by atoms with Gasteiger partial charge in [0.05, 0.1) is 5.60 Å². The number of benzene rings is 1. The Kier molecular flexibility index (Phi) is 7.23. The Morgan fingerprint density at radius 2 is 1.96 bits per heavy atom. The number of carbonyl (C=O) groups excluding carboxylic acids is 1.